The number of carbonyl (C=O) groups is 2. The van der Waals surface area contributed by atoms with Crippen LogP contribution in [0.4, 0.5) is 4.79 Å². The molecule has 0 bridgehead atoms. The Hall–Kier alpha value is -1.26. The molecule has 118 valence electrons. The van der Waals surface area contributed by atoms with Gasteiger partial charge in [0.15, 0.2) is 0 Å². The molecule has 1 unspecified atom stereocenters. The van der Waals surface area contributed by atoms with Crippen molar-refractivity contribution in [1.29, 1.82) is 0 Å². The Morgan fingerprint density at radius 3 is 2.05 bits per heavy atom. The van der Waals surface area contributed by atoms with E-state index in [4.69, 9.17) is 0 Å². The third-order valence-corrected chi connectivity index (χ3v) is 3.77. The Kier molecular flexibility index (Phi) is 8.26. The lowest BCUT2D eigenvalue weighted by Gasteiger charge is -2.29. The summed E-state index contributed by atoms with van der Waals surface area (Å²) in [6.45, 7) is 9.83. The van der Waals surface area contributed by atoms with Crippen molar-refractivity contribution in [3.63, 3.8) is 0 Å². The highest BCUT2D eigenvalue weighted by molar-refractivity contribution is 5.86. The summed E-state index contributed by atoms with van der Waals surface area (Å²) < 4.78 is 0. The first-order valence-corrected chi connectivity index (χ1v) is 7.59. The van der Waals surface area contributed by atoms with Crippen molar-refractivity contribution in [1.82, 2.24) is 10.6 Å². The van der Waals surface area contributed by atoms with Crippen molar-refractivity contribution in [3.8, 4) is 0 Å². The smallest absolute Gasteiger partial charge is 0.329 e. The monoisotopic (exact) mass is 286 g/mol. The summed E-state index contributed by atoms with van der Waals surface area (Å²) >= 11 is 0. The number of hydrogen-bond acceptors (Lipinski definition) is 2. The summed E-state index contributed by atoms with van der Waals surface area (Å²) in [5.74, 6) is -0.319. The molecule has 0 heterocycles. The molecule has 0 saturated carbocycles. The lowest BCUT2D eigenvalue weighted by Crippen LogP contribution is -2.57. The molecular weight excluding hydrogens is 256 g/mol. The minimum Gasteiger partial charge on any atom is -0.480 e. The topological polar surface area (TPSA) is 78.4 Å². The van der Waals surface area contributed by atoms with E-state index in [0.717, 1.165) is 19.3 Å². The van der Waals surface area contributed by atoms with Crippen LogP contribution < -0.4 is 10.6 Å². The fourth-order valence-corrected chi connectivity index (χ4v) is 2.16. The number of amides is 2. The molecule has 0 aromatic carbocycles. The summed E-state index contributed by atoms with van der Waals surface area (Å²) in [7, 11) is 0. The van der Waals surface area contributed by atoms with Gasteiger partial charge in [-0.05, 0) is 32.1 Å². The average Bonchev–Trinajstić information content (AvgIpc) is 2.35. The number of rotatable bonds is 9. The van der Waals surface area contributed by atoms with Crippen LogP contribution in [0, 0.1) is 5.92 Å². The molecule has 0 spiro atoms. The third-order valence-electron chi connectivity index (χ3n) is 3.77. The maximum atomic E-state index is 11.9. The Bertz CT molecular complexity index is 312. The number of carboxylic acid groups (broad SMARTS) is 1. The second-order valence-corrected chi connectivity index (χ2v) is 5.92. The summed E-state index contributed by atoms with van der Waals surface area (Å²) in [6.07, 6.45) is 3.84. The molecule has 5 nitrogen and oxygen atoms in total. The van der Waals surface area contributed by atoms with Gasteiger partial charge in [0, 0.05) is 6.04 Å². The van der Waals surface area contributed by atoms with Gasteiger partial charge in [0.05, 0.1) is 0 Å². The van der Waals surface area contributed by atoms with E-state index in [0.29, 0.717) is 18.8 Å². The van der Waals surface area contributed by atoms with Crippen molar-refractivity contribution in [2.45, 2.75) is 78.3 Å². The lowest BCUT2D eigenvalue weighted by atomic mass is 9.93. The van der Waals surface area contributed by atoms with Gasteiger partial charge < -0.3 is 15.7 Å². The van der Waals surface area contributed by atoms with Gasteiger partial charge in [-0.25, -0.2) is 9.59 Å². The van der Waals surface area contributed by atoms with E-state index < -0.39 is 17.5 Å². The van der Waals surface area contributed by atoms with Crippen LogP contribution in [0.15, 0.2) is 0 Å². The predicted molar refractivity (Wildman–Crippen MR) is 80.8 cm³/mol. The van der Waals surface area contributed by atoms with Crippen LogP contribution >= 0.6 is 0 Å². The summed E-state index contributed by atoms with van der Waals surface area (Å²) in [5.41, 5.74) is -1.16. The van der Waals surface area contributed by atoms with Crippen LogP contribution in [-0.2, 0) is 4.79 Å². The Balaban J connectivity index is 4.29. The SMILES string of the molecule is CCC(CC)(NC(=O)NC(C)CCCC(C)C)C(=O)O. The van der Waals surface area contributed by atoms with Crippen LogP contribution in [0.2, 0.25) is 0 Å². The molecule has 0 rings (SSSR count). The number of carbonyl (C=O) groups excluding carboxylic acids is 1. The quantitative estimate of drug-likeness (QED) is 0.609. The van der Waals surface area contributed by atoms with Crippen LogP contribution in [-0.4, -0.2) is 28.7 Å². The Morgan fingerprint density at radius 2 is 1.65 bits per heavy atom. The number of nitrogens with one attached hydrogen (secondary N) is 2. The van der Waals surface area contributed by atoms with Crippen LogP contribution in [0.25, 0.3) is 0 Å². The molecule has 0 aromatic rings. The van der Waals surface area contributed by atoms with Gasteiger partial charge >= 0.3 is 12.0 Å². The highest BCUT2D eigenvalue weighted by Gasteiger charge is 2.36. The molecule has 5 heteroatoms. The maximum absolute atomic E-state index is 11.9. The predicted octanol–water partition coefficient (Wildman–Crippen LogP) is 3.14. The van der Waals surface area contributed by atoms with Crippen molar-refractivity contribution in [3.05, 3.63) is 0 Å². The molecule has 0 radical (unpaired) electrons. The van der Waals surface area contributed by atoms with E-state index in [2.05, 4.69) is 24.5 Å². The van der Waals surface area contributed by atoms with E-state index in [1.165, 1.54) is 0 Å². The molecule has 20 heavy (non-hydrogen) atoms. The molecule has 0 aliphatic heterocycles. The number of aliphatic carboxylic acids is 1. The molecule has 2 amide bonds. The summed E-state index contributed by atoms with van der Waals surface area (Å²) in [6, 6.07) is -0.345. The molecule has 3 N–H and O–H groups in total. The standard InChI is InChI=1S/C15H30N2O3/c1-6-15(7-2,13(18)19)17-14(20)16-12(5)10-8-9-11(3)4/h11-12H,6-10H2,1-5H3,(H,18,19)(H2,16,17,20). The zero-order valence-electron chi connectivity index (χ0n) is 13.5. The maximum Gasteiger partial charge on any atom is 0.329 e. The first kappa shape index (κ1) is 18.7. The fraction of sp³-hybridized carbons (Fsp3) is 0.867. The van der Waals surface area contributed by atoms with Gasteiger partial charge in [0.1, 0.15) is 5.54 Å². The normalized spacial score (nSPS) is 13.1. The van der Waals surface area contributed by atoms with Crippen LogP contribution in [0.5, 0.6) is 0 Å². The molecule has 0 fully saturated rings. The zero-order chi connectivity index (χ0) is 15.8. The lowest BCUT2D eigenvalue weighted by molar-refractivity contribution is -0.144. The summed E-state index contributed by atoms with van der Waals surface area (Å²) in [5, 5.41) is 14.7. The van der Waals surface area contributed by atoms with E-state index >= 15 is 0 Å². The molecule has 0 aromatic heterocycles. The van der Waals surface area contributed by atoms with Gasteiger partial charge in [-0.2, -0.15) is 0 Å². The largest absolute Gasteiger partial charge is 0.480 e. The minimum absolute atomic E-state index is 0.0500. The van der Waals surface area contributed by atoms with E-state index in [-0.39, 0.29) is 6.04 Å². The van der Waals surface area contributed by atoms with Gasteiger partial charge in [0.2, 0.25) is 0 Å². The molecule has 1 atom stereocenters. The van der Waals surface area contributed by atoms with Gasteiger partial charge in [0.25, 0.3) is 0 Å². The molecule has 0 aliphatic rings. The first-order valence-electron chi connectivity index (χ1n) is 7.59. The van der Waals surface area contributed by atoms with Crippen molar-refractivity contribution in [2.75, 3.05) is 0 Å². The first-order chi connectivity index (χ1) is 9.27. The minimum atomic E-state index is -1.16. The van der Waals surface area contributed by atoms with Gasteiger partial charge in [-0.3, -0.25) is 0 Å². The van der Waals surface area contributed by atoms with E-state index in [9.17, 15) is 14.7 Å². The Labute approximate surface area is 122 Å². The second-order valence-electron chi connectivity index (χ2n) is 5.92. The Morgan fingerprint density at radius 1 is 1.10 bits per heavy atom. The number of urea groups is 1. The highest BCUT2D eigenvalue weighted by atomic mass is 16.4. The van der Waals surface area contributed by atoms with Crippen molar-refractivity contribution < 1.29 is 14.7 Å². The second kappa shape index (κ2) is 8.82. The van der Waals surface area contributed by atoms with Gasteiger partial charge in [-0.15, -0.1) is 0 Å². The third kappa shape index (κ3) is 6.26. The molecular formula is C15H30N2O3. The fourth-order valence-electron chi connectivity index (χ4n) is 2.16. The van der Waals surface area contributed by atoms with Crippen molar-refractivity contribution >= 4 is 12.0 Å². The average molecular weight is 286 g/mol. The number of hydrogen-bond donors (Lipinski definition) is 3. The molecule has 0 aliphatic carbocycles. The number of carboxylic acids is 1. The van der Waals surface area contributed by atoms with E-state index in [1.807, 2.05) is 6.92 Å². The van der Waals surface area contributed by atoms with Gasteiger partial charge in [-0.1, -0.05) is 40.5 Å². The summed E-state index contributed by atoms with van der Waals surface area (Å²) in [4.78, 5) is 23.2. The highest BCUT2D eigenvalue weighted by Crippen LogP contribution is 2.15. The zero-order valence-corrected chi connectivity index (χ0v) is 13.5. The van der Waals surface area contributed by atoms with E-state index in [1.54, 1.807) is 13.8 Å². The van der Waals surface area contributed by atoms with Crippen LogP contribution in [0.1, 0.15) is 66.7 Å². The molecule has 0 saturated heterocycles. The van der Waals surface area contributed by atoms with Crippen LogP contribution in [0.3, 0.4) is 0 Å². The van der Waals surface area contributed by atoms with Crippen molar-refractivity contribution in [2.24, 2.45) is 5.92 Å².